The van der Waals surface area contributed by atoms with Gasteiger partial charge in [-0.05, 0) is 6.92 Å². The van der Waals surface area contributed by atoms with Gasteiger partial charge < -0.3 is 14.7 Å². The summed E-state index contributed by atoms with van der Waals surface area (Å²) in [5.74, 6) is 0. The quantitative estimate of drug-likeness (QED) is 0.580. The molecule has 58 valence electrons. The van der Waals surface area contributed by atoms with E-state index in [2.05, 4.69) is 0 Å². The summed E-state index contributed by atoms with van der Waals surface area (Å²) in [6.07, 6.45) is -0.767. The number of nitrogens with zero attached hydrogens (tertiary/aromatic N) is 1. The molecule has 4 heteroatoms. The first-order valence-electron chi connectivity index (χ1n) is 3.19. The molecule has 4 nitrogen and oxygen atoms in total. The first-order chi connectivity index (χ1) is 4.66. The van der Waals surface area contributed by atoms with Gasteiger partial charge >= 0.3 is 6.09 Å². The number of carboxylic acid groups (broad SMARTS) is 1. The van der Waals surface area contributed by atoms with E-state index >= 15 is 0 Å². The first kappa shape index (κ1) is 7.34. The lowest BCUT2D eigenvalue weighted by Crippen LogP contribution is -2.60. The van der Waals surface area contributed by atoms with Crippen molar-refractivity contribution in [1.29, 1.82) is 0 Å². The molecule has 1 aliphatic rings. The van der Waals surface area contributed by atoms with Gasteiger partial charge in [0.1, 0.15) is 0 Å². The Morgan fingerprint density at radius 1 is 1.80 bits per heavy atom. The van der Waals surface area contributed by atoms with E-state index in [4.69, 9.17) is 9.84 Å². The zero-order valence-electron chi connectivity index (χ0n) is 6.07. The van der Waals surface area contributed by atoms with Crippen LogP contribution in [-0.2, 0) is 4.74 Å². The van der Waals surface area contributed by atoms with Crippen LogP contribution in [0.5, 0.6) is 0 Å². The smallest absolute Gasteiger partial charge is 0.407 e. The SMILES string of the molecule is CO[C@@H]1CN(C(=O)O)[C@H]1C. The third kappa shape index (κ3) is 0.945. The average Bonchev–Trinajstić information content (AvgIpc) is 1.85. The molecule has 0 aromatic carbocycles. The van der Waals surface area contributed by atoms with Gasteiger partial charge in [-0.3, -0.25) is 0 Å². The Morgan fingerprint density at radius 2 is 2.40 bits per heavy atom. The van der Waals surface area contributed by atoms with E-state index in [1.807, 2.05) is 6.92 Å². The van der Waals surface area contributed by atoms with Crippen LogP contribution in [0.3, 0.4) is 0 Å². The highest BCUT2D eigenvalue weighted by atomic mass is 16.5. The standard InChI is InChI=1S/C6H11NO3/c1-4-5(10-2)3-7(4)6(8)9/h4-5H,3H2,1-2H3,(H,8,9)/t4-,5+/m0/s1. The third-order valence-electron chi connectivity index (χ3n) is 1.95. The van der Waals surface area contributed by atoms with Crippen molar-refractivity contribution in [3.63, 3.8) is 0 Å². The third-order valence-corrected chi connectivity index (χ3v) is 1.95. The number of hydrogen-bond acceptors (Lipinski definition) is 2. The maximum Gasteiger partial charge on any atom is 0.407 e. The predicted molar refractivity (Wildman–Crippen MR) is 35.0 cm³/mol. The van der Waals surface area contributed by atoms with Gasteiger partial charge in [0.25, 0.3) is 0 Å². The Kier molecular flexibility index (Phi) is 1.80. The van der Waals surface area contributed by atoms with E-state index in [1.54, 1.807) is 7.11 Å². The van der Waals surface area contributed by atoms with Crippen molar-refractivity contribution >= 4 is 6.09 Å². The fourth-order valence-electron chi connectivity index (χ4n) is 1.10. The zero-order chi connectivity index (χ0) is 7.72. The Hall–Kier alpha value is -0.770. The van der Waals surface area contributed by atoms with Crippen LogP contribution in [0.2, 0.25) is 0 Å². The molecule has 1 N–H and O–H groups in total. The molecule has 0 unspecified atom stereocenters. The monoisotopic (exact) mass is 145 g/mol. The largest absolute Gasteiger partial charge is 0.465 e. The summed E-state index contributed by atoms with van der Waals surface area (Å²) in [5.41, 5.74) is 0. The maximum absolute atomic E-state index is 10.3. The Labute approximate surface area is 59.4 Å². The van der Waals surface area contributed by atoms with Gasteiger partial charge in [-0.1, -0.05) is 0 Å². The topological polar surface area (TPSA) is 49.8 Å². The lowest BCUT2D eigenvalue weighted by atomic mass is 10.0. The molecular weight excluding hydrogens is 134 g/mol. The summed E-state index contributed by atoms with van der Waals surface area (Å²) in [6.45, 7) is 2.35. The van der Waals surface area contributed by atoms with Crippen LogP contribution in [0.4, 0.5) is 4.79 Å². The second-order valence-electron chi connectivity index (χ2n) is 2.45. The fraction of sp³-hybridized carbons (Fsp3) is 0.833. The molecule has 10 heavy (non-hydrogen) atoms. The molecule has 1 rings (SSSR count). The molecule has 0 aromatic rings. The first-order valence-corrected chi connectivity index (χ1v) is 3.19. The number of amides is 1. The summed E-state index contributed by atoms with van der Waals surface area (Å²) < 4.78 is 4.97. The fourth-order valence-corrected chi connectivity index (χ4v) is 1.10. The van der Waals surface area contributed by atoms with Gasteiger partial charge in [-0.25, -0.2) is 4.79 Å². The van der Waals surface area contributed by atoms with Crippen molar-refractivity contribution in [2.45, 2.75) is 19.1 Å². The molecular formula is C6H11NO3. The van der Waals surface area contributed by atoms with Crippen LogP contribution >= 0.6 is 0 Å². The van der Waals surface area contributed by atoms with Crippen molar-refractivity contribution in [2.24, 2.45) is 0 Å². The van der Waals surface area contributed by atoms with Crippen LogP contribution in [0.15, 0.2) is 0 Å². The van der Waals surface area contributed by atoms with Crippen LogP contribution in [-0.4, -0.2) is 41.9 Å². The number of likely N-dealkylation sites (tertiary alicyclic amines) is 1. The van der Waals surface area contributed by atoms with E-state index < -0.39 is 6.09 Å². The highest BCUT2D eigenvalue weighted by Gasteiger charge is 2.38. The van der Waals surface area contributed by atoms with E-state index in [1.165, 1.54) is 4.90 Å². The number of methoxy groups -OCH3 is 1. The molecule has 0 radical (unpaired) electrons. The van der Waals surface area contributed by atoms with Crippen LogP contribution < -0.4 is 0 Å². The lowest BCUT2D eigenvalue weighted by molar-refractivity contribution is -0.0622. The van der Waals surface area contributed by atoms with Crippen molar-refractivity contribution in [3.05, 3.63) is 0 Å². The number of rotatable bonds is 1. The normalized spacial score (nSPS) is 31.6. The van der Waals surface area contributed by atoms with E-state index in [0.717, 1.165) is 0 Å². The molecule has 0 aliphatic carbocycles. The minimum atomic E-state index is -0.860. The molecule has 0 aromatic heterocycles. The van der Waals surface area contributed by atoms with Gasteiger partial charge in [0.05, 0.1) is 18.7 Å². The molecule has 1 heterocycles. The van der Waals surface area contributed by atoms with Crippen molar-refractivity contribution in [2.75, 3.05) is 13.7 Å². The van der Waals surface area contributed by atoms with Gasteiger partial charge in [0.15, 0.2) is 0 Å². The Balaban J connectivity index is 2.39. The Bertz CT molecular complexity index is 148. The van der Waals surface area contributed by atoms with Crippen LogP contribution in [0, 0.1) is 0 Å². The molecule has 0 bridgehead atoms. The van der Waals surface area contributed by atoms with Crippen LogP contribution in [0.1, 0.15) is 6.92 Å². The van der Waals surface area contributed by atoms with Gasteiger partial charge in [0, 0.05) is 7.11 Å². The van der Waals surface area contributed by atoms with Gasteiger partial charge in [-0.15, -0.1) is 0 Å². The molecule has 1 saturated heterocycles. The van der Waals surface area contributed by atoms with Crippen molar-refractivity contribution < 1.29 is 14.6 Å². The van der Waals surface area contributed by atoms with Crippen molar-refractivity contribution in [1.82, 2.24) is 4.90 Å². The van der Waals surface area contributed by atoms with Crippen LogP contribution in [0.25, 0.3) is 0 Å². The zero-order valence-corrected chi connectivity index (χ0v) is 6.07. The molecule has 0 spiro atoms. The van der Waals surface area contributed by atoms with Gasteiger partial charge in [-0.2, -0.15) is 0 Å². The lowest BCUT2D eigenvalue weighted by Gasteiger charge is -2.43. The van der Waals surface area contributed by atoms with E-state index in [0.29, 0.717) is 6.54 Å². The minimum absolute atomic E-state index is 0.0162. The molecule has 1 fully saturated rings. The molecule has 1 aliphatic heterocycles. The molecule has 2 atom stereocenters. The summed E-state index contributed by atoms with van der Waals surface area (Å²) in [5, 5.41) is 8.49. The highest BCUT2D eigenvalue weighted by Crippen LogP contribution is 2.19. The Morgan fingerprint density at radius 3 is 2.70 bits per heavy atom. The molecule has 0 saturated carbocycles. The molecule has 1 amide bonds. The number of hydrogen-bond donors (Lipinski definition) is 1. The summed E-state index contributed by atoms with van der Waals surface area (Å²) in [4.78, 5) is 11.7. The van der Waals surface area contributed by atoms with E-state index in [9.17, 15) is 4.79 Å². The summed E-state index contributed by atoms with van der Waals surface area (Å²) in [7, 11) is 1.60. The number of ether oxygens (including phenoxy) is 1. The summed E-state index contributed by atoms with van der Waals surface area (Å²) >= 11 is 0. The van der Waals surface area contributed by atoms with Crippen molar-refractivity contribution in [3.8, 4) is 0 Å². The second kappa shape index (κ2) is 2.46. The predicted octanol–water partition coefficient (Wildman–Crippen LogP) is 0.384. The highest BCUT2D eigenvalue weighted by molar-refractivity contribution is 5.66. The van der Waals surface area contributed by atoms with E-state index in [-0.39, 0.29) is 12.1 Å². The van der Waals surface area contributed by atoms with Gasteiger partial charge in [0.2, 0.25) is 0 Å². The number of carbonyl (C=O) groups is 1. The maximum atomic E-state index is 10.3. The second-order valence-corrected chi connectivity index (χ2v) is 2.45. The summed E-state index contributed by atoms with van der Waals surface area (Å²) in [6, 6.07) is 0.0162. The minimum Gasteiger partial charge on any atom is -0.465 e. The average molecular weight is 145 g/mol.